The fraction of sp³-hybridized carbons (Fsp3) is 0.455. The molecule has 1 aromatic rings. The smallest absolute Gasteiger partial charge is 0.0656 e. The minimum Gasteiger partial charge on any atom is -0.398 e. The summed E-state index contributed by atoms with van der Waals surface area (Å²) in [6, 6.07) is 3.86. The van der Waals surface area contributed by atoms with Crippen molar-refractivity contribution in [2.24, 2.45) is 0 Å². The number of benzene rings is 1. The molecule has 0 spiro atoms. The van der Waals surface area contributed by atoms with Crippen LogP contribution < -0.4 is 10.6 Å². The van der Waals surface area contributed by atoms with Gasteiger partial charge in [0.05, 0.1) is 10.7 Å². The Kier molecular flexibility index (Phi) is 4.61. The van der Waals surface area contributed by atoms with Crippen molar-refractivity contribution in [1.29, 1.82) is 0 Å². The summed E-state index contributed by atoms with van der Waals surface area (Å²) in [6.07, 6.45) is 2.11. The van der Waals surface area contributed by atoms with Crippen LogP contribution >= 0.6 is 23.4 Å². The lowest BCUT2D eigenvalue weighted by Gasteiger charge is -2.21. The highest BCUT2D eigenvalue weighted by atomic mass is 35.5. The highest BCUT2D eigenvalue weighted by molar-refractivity contribution is 7.98. The average molecular weight is 245 g/mol. The zero-order chi connectivity index (χ0) is 11.4. The number of thioether (sulfide) groups is 1. The van der Waals surface area contributed by atoms with E-state index in [-0.39, 0.29) is 0 Å². The van der Waals surface area contributed by atoms with E-state index < -0.39 is 0 Å². The Morgan fingerprint density at radius 1 is 1.47 bits per heavy atom. The number of hydrogen-bond donors (Lipinski definition) is 1. The molecule has 2 nitrogen and oxygen atoms in total. The molecule has 0 bridgehead atoms. The molecule has 2 N–H and O–H groups in total. The van der Waals surface area contributed by atoms with Gasteiger partial charge in [0.1, 0.15) is 0 Å². The van der Waals surface area contributed by atoms with E-state index in [9.17, 15) is 0 Å². The van der Waals surface area contributed by atoms with Crippen molar-refractivity contribution in [2.75, 3.05) is 36.2 Å². The Hall–Kier alpha value is -0.540. The summed E-state index contributed by atoms with van der Waals surface area (Å²) in [5.41, 5.74) is 8.71. The molecule has 15 heavy (non-hydrogen) atoms. The van der Waals surface area contributed by atoms with Gasteiger partial charge >= 0.3 is 0 Å². The van der Waals surface area contributed by atoms with Crippen LogP contribution in [0.4, 0.5) is 11.4 Å². The first kappa shape index (κ1) is 12.5. The number of rotatable bonds is 4. The third-order valence-electron chi connectivity index (χ3n) is 2.36. The van der Waals surface area contributed by atoms with Crippen LogP contribution in [0.1, 0.15) is 5.56 Å². The summed E-state index contributed by atoms with van der Waals surface area (Å²) in [5, 5.41) is 0.631. The molecule has 1 aromatic carbocycles. The maximum absolute atomic E-state index is 6.01. The fourth-order valence-electron chi connectivity index (χ4n) is 1.45. The standard InChI is InChI=1S/C11H17ClN2S/c1-8-6-10(13)9(12)7-11(8)14(2)4-5-15-3/h6-7H,4-5,13H2,1-3H3. The number of hydrogen-bond acceptors (Lipinski definition) is 3. The SMILES string of the molecule is CSCCN(C)c1cc(Cl)c(N)cc1C. The number of aryl methyl sites for hydroxylation is 1. The number of nitrogens with two attached hydrogens (primary N) is 1. The molecule has 0 aliphatic rings. The summed E-state index contributed by atoms with van der Waals surface area (Å²) >= 11 is 7.85. The van der Waals surface area contributed by atoms with Gasteiger partial charge in [-0.25, -0.2) is 0 Å². The van der Waals surface area contributed by atoms with Gasteiger partial charge in [0.2, 0.25) is 0 Å². The van der Waals surface area contributed by atoms with E-state index in [0.717, 1.165) is 18.0 Å². The van der Waals surface area contributed by atoms with Crippen LogP contribution in [0.5, 0.6) is 0 Å². The monoisotopic (exact) mass is 244 g/mol. The second-order valence-corrected chi connectivity index (χ2v) is 4.97. The van der Waals surface area contributed by atoms with E-state index in [0.29, 0.717) is 10.7 Å². The molecule has 0 aliphatic heterocycles. The molecule has 0 radical (unpaired) electrons. The molecule has 84 valence electrons. The quantitative estimate of drug-likeness (QED) is 0.826. The zero-order valence-electron chi connectivity index (χ0n) is 9.38. The van der Waals surface area contributed by atoms with Crippen LogP contribution in [0.2, 0.25) is 5.02 Å². The minimum atomic E-state index is 0.631. The molecule has 0 saturated carbocycles. The molecule has 0 amide bonds. The molecule has 0 unspecified atom stereocenters. The predicted molar refractivity (Wildman–Crippen MR) is 72.3 cm³/mol. The fourth-order valence-corrected chi connectivity index (χ4v) is 2.07. The van der Waals surface area contributed by atoms with Crippen molar-refractivity contribution in [1.82, 2.24) is 0 Å². The summed E-state index contributed by atoms with van der Waals surface area (Å²) in [7, 11) is 2.07. The Bertz CT molecular complexity index is 342. The summed E-state index contributed by atoms with van der Waals surface area (Å²) in [4.78, 5) is 2.21. The number of halogens is 1. The molecule has 0 heterocycles. The van der Waals surface area contributed by atoms with E-state index in [4.69, 9.17) is 17.3 Å². The molecule has 0 fully saturated rings. The van der Waals surface area contributed by atoms with E-state index in [2.05, 4.69) is 25.1 Å². The van der Waals surface area contributed by atoms with Crippen LogP contribution in [-0.4, -0.2) is 25.6 Å². The second kappa shape index (κ2) is 5.52. The van der Waals surface area contributed by atoms with E-state index >= 15 is 0 Å². The maximum Gasteiger partial charge on any atom is 0.0656 e. The summed E-state index contributed by atoms with van der Waals surface area (Å²) in [5.74, 6) is 1.11. The maximum atomic E-state index is 6.01. The van der Waals surface area contributed by atoms with E-state index in [1.807, 2.05) is 23.9 Å². The van der Waals surface area contributed by atoms with E-state index in [1.54, 1.807) is 0 Å². The van der Waals surface area contributed by atoms with Crippen molar-refractivity contribution in [2.45, 2.75) is 6.92 Å². The van der Waals surface area contributed by atoms with Crippen LogP contribution in [0, 0.1) is 6.92 Å². The Morgan fingerprint density at radius 2 is 2.13 bits per heavy atom. The van der Waals surface area contributed by atoms with Crippen LogP contribution in [-0.2, 0) is 0 Å². The third-order valence-corrected chi connectivity index (χ3v) is 3.28. The van der Waals surface area contributed by atoms with Crippen molar-refractivity contribution in [3.63, 3.8) is 0 Å². The predicted octanol–water partition coefficient (Wildman–Crippen LogP) is 3.03. The first-order valence-electron chi connectivity index (χ1n) is 4.82. The van der Waals surface area contributed by atoms with Gasteiger partial charge in [-0.15, -0.1) is 0 Å². The highest BCUT2D eigenvalue weighted by Gasteiger charge is 2.07. The molecule has 4 heteroatoms. The summed E-state index contributed by atoms with van der Waals surface area (Å²) < 4.78 is 0. The molecule has 0 aromatic heterocycles. The van der Waals surface area contributed by atoms with Gasteiger partial charge in [0.15, 0.2) is 0 Å². The molecule has 0 atom stereocenters. The third kappa shape index (κ3) is 3.21. The first-order chi connectivity index (χ1) is 7.06. The second-order valence-electron chi connectivity index (χ2n) is 3.57. The van der Waals surface area contributed by atoms with Crippen LogP contribution in [0.3, 0.4) is 0 Å². The number of nitrogens with zero attached hydrogens (tertiary/aromatic N) is 1. The number of nitrogen functional groups attached to an aromatic ring is 1. The van der Waals surface area contributed by atoms with Gasteiger partial charge in [-0.2, -0.15) is 11.8 Å². The van der Waals surface area contributed by atoms with Crippen molar-refractivity contribution in [3.8, 4) is 0 Å². The molecule has 0 aliphatic carbocycles. The minimum absolute atomic E-state index is 0.631. The van der Waals surface area contributed by atoms with Gasteiger partial charge in [0, 0.05) is 25.0 Å². The van der Waals surface area contributed by atoms with Crippen molar-refractivity contribution < 1.29 is 0 Å². The van der Waals surface area contributed by atoms with Gasteiger partial charge < -0.3 is 10.6 Å². The summed E-state index contributed by atoms with van der Waals surface area (Å²) in [6.45, 7) is 3.07. The molecule has 1 rings (SSSR count). The lowest BCUT2D eigenvalue weighted by Crippen LogP contribution is -2.21. The zero-order valence-corrected chi connectivity index (χ0v) is 11.0. The first-order valence-corrected chi connectivity index (χ1v) is 6.59. The largest absolute Gasteiger partial charge is 0.398 e. The Balaban J connectivity index is 2.88. The van der Waals surface area contributed by atoms with Gasteiger partial charge in [-0.1, -0.05) is 11.6 Å². The average Bonchev–Trinajstić information content (AvgIpc) is 2.20. The molecular formula is C11H17ClN2S. The van der Waals surface area contributed by atoms with Crippen LogP contribution in [0.25, 0.3) is 0 Å². The topological polar surface area (TPSA) is 29.3 Å². The lowest BCUT2D eigenvalue weighted by atomic mass is 10.1. The van der Waals surface area contributed by atoms with Gasteiger partial charge in [-0.3, -0.25) is 0 Å². The number of anilines is 2. The van der Waals surface area contributed by atoms with E-state index in [1.165, 1.54) is 5.56 Å². The van der Waals surface area contributed by atoms with Crippen LogP contribution in [0.15, 0.2) is 12.1 Å². The Labute approximate surface area is 101 Å². The molecule has 0 saturated heterocycles. The Morgan fingerprint density at radius 3 is 2.73 bits per heavy atom. The normalized spacial score (nSPS) is 10.4. The van der Waals surface area contributed by atoms with Gasteiger partial charge in [-0.05, 0) is 30.9 Å². The lowest BCUT2D eigenvalue weighted by molar-refractivity contribution is 0.971. The highest BCUT2D eigenvalue weighted by Crippen LogP contribution is 2.28. The molecular weight excluding hydrogens is 228 g/mol. The van der Waals surface area contributed by atoms with Gasteiger partial charge in [0.25, 0.3) is 0 Å². The van der Waals surface area contributed by atoms with Crippen molar-refractivity contribution >= 4 is 34.7 Å². The van der Waals surface area contributed by atoms with Crippen molar-refractivity contribution in [3.05, 3.63) is 22.7 Å².